The molecule has 1 saturated carbocycles. The Morgan fingerprint density at radius 1 is 1.35 bits per heavy atom. The highest BCUT2D eigenvalue weighted by Crippen LogP contribution is 2.36. The average Bonchev–Trinajstić information content (AvgIpc) is 2.69. The van der Waals surface area contributed by atoms with Crippen LogP contribution in [0, 0.1) is 5.92 Å². The maximum absolute atomic E-state index is 11.5. The fraction of sp³-hybridized carbons (Fsp3) is 0.750. The fourth-order valence-electron chi connectivity index (χ4n) is 2.69. The quantitative estimate of drug-likeness (QED) is 0.725. The number of hydrogen-bond donors (Lipinski definition) is 0. The zero-order valence-electron chi connectivity index (χ0n) is 10.1. The van der Waals surface area contributed by atoms with Crippen LogP contribution in [0.3, 0.4) is 0 Å². The van der Waals surface area contributed by atoms with E-state index in [1.807, 2.05) is 0 Å². The Bertz CT molecular complexity index is 437. The Labute approximate surface area is 100 Å². The normalized spacial score (nSPS) is 23.9. The predicted octanol–water partition coefficient (Wildman–Crippen LogP) is 1.28. The van der Waals surface area contributed by atoms with Gasteiger partial charge in [-0.15, -0.1) is 10.2 Å². The third-order valence-electron chi connectivity index (χ3n) is 3.99. The minimum atomic E-state index is -0.121. The molecule has 1 fully saturated rings. The summed E-state index contributed by atoms with van der Waals surface area (Å²) < 4.78 is 7.01. The smallest absolute Gasteiger partial charge is 0.309 e. The molecular weight excluding hydrogens is 218 g/mol. The first-order chi connectivity index (χ1) is 8.29. The van der Waals surface area contributed by atoms with Crippen LogP contribution in [0.1, 0.15) is 43.3 Å². The number of hydrogen-bond acceptors (Lipinski definition) is 4. The molecule has 1 aromatic rings. The Morgan fingerprint density at radius 2 is 2.18 bits per heavy atom. The number of aromatic nitrogens is 3. The lowest BCUT2D eigenvalue weighted by Crippen LogP contribution is -2.28. The summed E-state index contributed by atoms with van der Waals surface area (Å²) in [5.74, 6) is 2.53. The van der Waals surface area contributed by atoms with E-state index in [0.717, 1.165) is 24.6 Å². The molecule has 0 N–H and O–H groups in total. The van der Waals surface area contributed by atoms with Gasteiger partial charge in [-0.25, -0.2) is 0 Å². The first kappa shape index (κ1) is 10.7. The van der Waals surface area contributed by atoms with Crippen molar-refractivity contribution in [2.24, 2.45) is 5.92 Å². The van der Waals surface area contributed by atoms with E-state index in [1.165, 1.54) is 26.4 Å². The number of fused-ring (bicyclic) bond motifs is 1. The van der Waals surface area contributed by atoms with E-state index < -0.39 is 0 Å². The van der Waals surface area contributed by atoms with Crippen molar-refractivity contribution in [2.45, 2.75) is 44.6 Å². The van der Waals surface area contributed by atoms with Crippen LogP contribution in [-0.2, 0) is 22.5 Å². The van der Waals surface area contributed by atoms with Gasteiger partial charge in [0.2, 0.25) is 0 Å². The molecule has 92 valence electrons. The van der Waals surface area contributed by atoms with Gasteiger partial charge in [-0.1, -0.05) is 6.42 Å². The standard InChI is InChI=1S/C12H17N3O2/c1-17-12(16)9-5-6-15-10(7-9)13-14-11(15)8-3-2-4-8/h8-9H,2-7H2,1H3/t9-/m0/s1. The lowest BCUT2D eigenvalue weighted by atomic mass is 9.84. The zero-order valence-corrected chi connectivity index (χ0v) is 10.1. The van der Waals surface area contributed by atoms with E-state index in [1.54, 1.807) is 0 Å². The van der Waals surface area contributed by atoms with Gasteiger partial charge >= 0.3 is 5.97 Å². The molecule has 1 aromatic heterocycles. The highest BCUT2D eigenvalue weighted by Gasteiger charge is 2.32. The molecule has 0 saturated heterocycles. The number of esters is 1. The monoisotopic (exact) mass is 235 g/mol. The molecule has 5 nitrogen and oxygen atoms in total. The summed E-state index contributed by atoms with van der Waals surface area (Å²) in [6.45, 7) is 0.855. The maximum atomic E-state index is 11.5. The summed E-state index contributed by atoms with van der Waals surface area (Å²) in [6.07, 6.45) is 5.29. The van der Waals surface area contributed by atoms with Crippen molar-refractivity contribution in [3.8, 4) is 0 Å². The van der Waals surface area contributed by atoms with Gasteiger partial charge in [0.1, 0.15) is 11.6 Å². The molecule has 1 aliphatic carbocycles. The Balaban J connectivity index is 1.80. The van der Waals surface area contributed by atoms with Crippen molar-refractivity contribution < 1.29 is 9.53 Å². The molecule has 0 bridgehead atoms. The third kappa shape index (κ3) is 1.73. The van der Waals surface area contributed by atoms with Gasteiger partial charge < -0.3 is 9.30 Å². The van der Waals surface area contributed by atoms with Gasteiger partial charge in [-0.05, 0) is 19.3 Å². The first-order valence-electron chi connectivity index (χ1n) is 6.29. The summed E-state index contributed by atoms with van der Waals surface area (Å²) in [6, 6.07) is 0. The van der Waals surface area contributed by atoms with Crippen LogP contribution in [0.15, 0.2) is 0 Å². The largest absolute Gasteiger partial charge is 0.469 e. The van der Waals surface area contributed by atoms with Gasteiger partial charge in [-0.2, -0.15) is 0 Å². The Hall–Kier alpha value is -1.39. The molecule has 1 aliphatic heterocycles. The van der Waals surface area contributed by atoms with Crippen LogP contribution in [0.25, 0.3) is 0 Å². The van der Waals surface area contributed by atoms with E-state index in [0.29, 0.717) is 12.3 Å². The van der Waals surface area contributed by atoms with Crippen molar-refractivity contribution >= 4 is 5.97 Å². The molecule has 0 aromatic carbocycles. The number of carbonyl (C=O) groups excluding carboxylic acids is 1. The highest BCUT2D eigenvalue weighted by atomic mass is 16.5. The first-order valence-corrected chi connectivity index (χ1v) is 6.29. The van der Waals surface area contributed by atoms with E-state index in [4.69, 9.17) is 4.74 Å². The third-order valence-corrected chi connectivity index (χ3v) is 3.99. The molecule has 2 heterocycles. The lowest BCUT2D eigenvalue weighted by Gasteiger charge is -2.27. The minimum absolute atomic E-state index is 0.0362. The van der Waals surface area contributed by atoms with Gasteiger partial charge in [-0.3, -0.25) is 4.79 Å². The van der Waals surface area contributed by atoms with Gasteiger partial charge in [0, 0.05) is 18.9 Å². The highest BCUT2D eigenvalue weighted by molar-refractivity contribution is 5.72. The molecule has 1 atom stereocenters. The molecule has 2 aliphatic rings. The van der Waals surface area contributed by atoms with E-state index in [2.05, 4.69) is 14.8 Å². The number of methoxy groups -OCH3 is 1. The molecular formula is C12H17N3O2. The molecule has 0 radical (unpaired) electrons. The van der Waals surface area contributed by atoms with E-state index in [9.17, 15) is 4.79 Å². The van der Waals surface area contributed by atoms with E-state index >= 15 is 0 Å². The van der Waals surface area contributed by atoms with Crippen molar-refractivity contribution in [3.05, 3.63) is 11.6 Å². The van der Waals surface area contributed by atoms with Crippen molar-refractivity contribution in [1.82, 2.24) is 14.8 Å². The van der Waals surface area contributed by atoms with Crippen molar-refractivity contribution in [2.75, 3.05) is 7.11 Å². The summed E-state index contributed by atoms with van der Waals surface area (Å²) in [4.78, 5) is 11.5. The van der Waals surface area contributed by atoms with Crippen LogP contribution in [-0.4, -0.2) is 27.8 Å². The van der Waals surface area contributed by atoms with Crippen LogP contribution >= 0.6 is 0 Å². The summed E-state index contributed by atoms with van der Waals surface area (Å²) in [7, 11) is 1.45. The van der Waals surface area contributed by atoms with Crippen LogP contribution in [0.5, 0.6) is 0 Å². The van der Waals surface area contributed by atoms with E-state index in [-0.39, 0.29) is 11.9 Å². The minimum Gasteiger partial charge on any atom is -0.469 e. The molecule has 3 rings (SSSR count). The summed E-state index contributed by atoms with van der Waals surface area (Å²) in [5.41, 5.74) is 0. The SMILES string of the molecule is COC(=O)[C@H]1CCn2c(nnc2C2CCC2)C1. The number of carbonyl (C=O) groups is 1. The van der Waals surface area contributed by atoms with Gasteiger partial charge in [0.05, 0.1) is 13.0 Å². The number of nitrogens with zero attached hydrogens (tertiary/aromatic N) is 3. The van der Waals surface area contributed by atoms with Crippen LogP contribution < -0.4 is 0 Å². The summed E-state index contributed by atoms with van der Waals surface area (Å²) >= 11 is 0. The molecule has 5 heteroatoms. The van der Waals surface area contributed by atoms with Gasteiger partial charge in [0.25, 0.3) is 0 Å². The molecule has 0 spiro atoms. The Kier molecular flexibility index (Phi) is 2.61. The van der Waals surface area contributed by atoms with Gasteiger partial charge in [0.15, 0.2) is 0 Å². The average molecular weight is 235 g/mol. The topological polar surface area (TPSA) is 57.0 Å². The predicted molar refractivity (Wildman–Crippen MR) is 60.4 cm³/mol. The second kappa shape index (κ2) is 4.13. The van der Waals surface area contributed by atoms with Crippen molar-refractivity contribution in [1.29, 1.82) is 0 Å². The van der Waals surface area contributed by atoms with Crippen LogP contribution in [0.2, 0.25) is 0 Å². The fourth-order valence-corrected chi connectivity index (χ4v) is 2.69. The summed E-state index contributed by atoms with van der Waals surface area (Å²) in [5, 5.41) is 8.53. The number of ether oxygens (including phenoxy) is 1. The maximum Gasteiger partial charge on any atom is 0.309 e. The zero-order chi connectivity index (χ0) is 11.8. The second-order valence-corrected chi connectivity index (χ2v) is 4.97. The second-order valence-electron chi connectivity index (χ2n) is 4.97. The number of rotatable bonds is 2. The molecule has 0 unspecified atom stereocenters. The van der Waals surface area contributed by atoms with Crippen LogP contribution in [0.4, 0.5) is 0 Å². The molecule has 0 amide bonds. The van der Waals surface area contributed by atoms with Crippen molar-refractivity contribution in [3.63, 3.8) is 0 Å². The Morgan fingerprint density at radius 3 is 2.82 bits per heavy atom. The molecule has 17 heavy (non-hydrogen) atoms. The lowest BCUT2D eigenvalue weighted by molar-refractivity contribution is -0.146.